The topological polar surface area (TPSA) is 54.4 Å². The van der Waals surface area contributed by atoms with Crippen LogP contribution in [0.25, 0.3) is 0 Å². The van der Waals surface area contributed by atoms with E-state index in [1.807, 2.05) is 0 Å². The summed E-state index contributed by atoms with van der Waals surface area (Å²) in [6.45, 7) is 3.42. The molecule has 2 rings (SSSR count). The predicted octanol–water partition coefficient (Wildman–Crippen LogP) is 2.82. The summed E-state index contributed by atoms with van der Waals surface area (Å²) >= 11 is 1.10. The molecule has 0 aliphatic carbocycles. The number of hydrogen-bond donors (Lipinski definition) is 1. The van der Waals surface area contributed by atoms with Gasteiger partial charge < -0.3 is 5.11 Å². The van der Waals surface area contributed by atoms with E-state index in [2.05, 4.69) is 0 Å². The first-order chi connectivity index (χ1) is 7.99. The highest BCUT2D eigenvalue weighted by atomic mass is 32.2. The summed E-state index contributed by atoms with van der Waals surface area (Å²) in [6, 6.07) is 6.89. The molecule has 1 aliphatic rings. The molecule has 0 bridgehead atoms. The quantitative estimate of drug-likeness (QED) is 0.818. The van der Waals surface area contributed by atoms with Crippen molar-refractivity contribution in [2.45, 2.75) is 18.6 Å². The Bertz CT molecular complexity index is 516. The third-order valence-corrected chi connectivity index (χ3v) is 4.34. The zero-order valence-corrected chi connectivity index (χ0v) is 10.4. The normalized spacial score (nSPS) is 24.2. The number of carbonyl (C=O) groups is 2. The van der Waals surface area contributed by atoms with E-state index < -0.39 is 4.75 Å². The van der Waals surface area contributed by atoms with Crippen molar-refractivity contribution in [2.75, 3.05) is 0 Å². The number of aldehydes is 1. The monoisotopic (exact) mass is 248 g/mol. The van der Waals surface area contributed by atoms with Crippen molar-refractivity contribution >= 4 is 23.2 Å². The van der Waals surface area contributed by atoms with Crippen LogP contribution in [0.1, 0.15) is 29.8 Å². The fourth-order valence-electron chi connectivity index (χ4n) is 1.84. The van der Waals surface area contributed by atoms with Gasteiger partial charge in [-0.1, -0.05) is 36.0 Å². The lowest BCUT2D eigenvalue weighted by molar-refractivity contribution is -0.107. The molecule has 1 aromatic rings. The molecule has 0 fully saturated rings. The van der Waals surface area contributed by atoms with Crippen molar-refractivity contribution in [1.29, 1.82) is 0 Å². The third kappa shape index (κ3) is 1.78. The van der Waals surface area contributed by atoms with E-state index >= 15 is 0 Å². The Hall–Kier alpha value is -1.55. The third-order valence-electron chi connectivity index (χ3n) is 3.01. The number of benzene rings is 1. The molecule has 1 N–H and O–H groups in total. The van der Waals surface area contributed by atoms with Crippen LogP contribution in [-0.2, 0) is 9.54 Å². The molecule has 0 unspecified atom stereocenters. The van der Waals surface area contributed by atoms with Crippen LogP contribution in [0.15, 0.2) is 35.6 Å². The summed E-state index contributed by atoms with van der Waals surface area (Å²) in [7, 11) is 0. The van der Waals surface area contributed by atoms with Crippen molar-refractivity contribution in [3.63, 3.8) is 0 Å². The second-order valence-electron chi connectivity index (χ2n) is 4.14. The number of aliphatic hydroxyl groups excluding tert-OH is 1. The zero-order chi connectivity index (χ0) is 12.6. The van der Waals surface area contributed by atoms with E-state index in [4.69, 9.17) is 0 Å². The van der Waals surface area contributed by atoms with Crippen LogP contribution in [0, 0.1) is 0 Å². The molecule has 0 spiro atoms. The Morgan fingerprint density at radius 2 is 1.88 bits per heavy atom. The van der Waals surface area contributed by atoms with Gasteiger partial charge >= 0.3 is 0 Å². The molecule has 0 saturated heterocycles. The van der Waals surface area contributed by atoms with Gasteiger partial charge in [0.05, 0.1) is 0 Å². The summed E-state index contributed by atoms with van der Waals surface area (Å²) in [5.74, 6) is 0.103. The Morgan fingerprint density at radius 1 is 1.29 bits per heavy atom. The van der Waals surface area contributed by atoms with Crippen LogP contribution in [-0.4, -0.2) is 16.5 Å². The van der Waals surface area contributed by atoms with Crippen LogP contribution in [0.5, 0.6) is 0 Å². The van der Waals surface area contributed by atoms with Crippen LogP contribution < -0.4 is 0 Å². The fraction of sp³-hybridized carbons (Fsp3) is 0.231. The van der Waals surface area contributed by atoms with Gasteiger partial charge in [0, 0.05) is 11.1 Å². The van der Waals surface area contributed by atoms with Gasteiger partial charge in [0.25, 0.3) is 0 Å². The number of carbonyl (C=O) groups excluding carboxylic acids is 2. The lowest BCUT2D eigenvalue weighted by Gasteiger charge is -2.23. The summed E-state index contributed by atoms with van der Waals surface area (Å²) in [4.78, 5) is 22.2. The number of hydrogen-bond acceptors (Lipinski definition) is 4. The van der Waals surface area contributed by atoms with Crippen LogP contribution in [0.2, 0.25) is 0 Å². The fourth-order valence-corrected chi connectivity index (χ4v) is 2.96. The molecular formula is C13H12O3S. The number of aliphatic hydroxyl groups is 1. The maximum atomic E-state index is 11.6. The molecule has 0 amide bonds. The van der Waals surface area contributed by atoms with Gasteiger partial charge in [-0.25, -0.2) is 0 Å². The molecule has 88 valence electrons. The van der Waals surface area contributed by atoms with Crippen LogP contribution >= 0.6 is 11.8 Å². The van der Waals surface area contributed by atoms with E-state index in [9.17, 15) is 14.7 Å². The smallest absolute Gasteiger partial charge is 0.219 e. The van der Waals surface area contributed by atoms with Gasteiger partial charge in [0.2, 0.25) is 5.12 Å². The molecule has 4 heteroatoms. The standard InChI is InChI=1S/C13H12O3S/c1-8-11(15)13(2,17-12(8)16)10-5-3-9(7-14)4-6-10/h3-7,15H,1-2H3/t13-/m0/s1. The molecule has 0 radical (unpaired) electrons. The SMILES string of the molecule is CC1=C(O)[C@](C)(c2ccc(C=O)cc2)SC1=O. The molecule has 1 aromatic carbocycles. The van der Waals surface area contributed by atoms with Gasteiger partial charge in [-0.05, 0) is 19.4 Å². The average Bonchev–Trinajstić information content (AvgIpc) is 2.55. The van der Waals surface area contributed by atoms with E-state index in [1.165, 1.54) is 0 Å². The Kier molecular flexibility index (Phi) is 2.83. The van der Waals surface area contributed by atoms with Gasteiger partial charge in [0.1, 0.15) is 16.8 Å². The van der Waals surface area contributed by atoms with Gasteiger partial charge in [-0.3, -0.25) is 9.59 Å². The van der Waals surface area contributed by atoms with Gasteiger partial charge in [-0.2, -0.15) is 0 Å². The minimum atomic E-state index is -0.734. The first-order valence-corrected chi connectivity index (χ1v) is 6.00. The first-order valence-electron chi connectivity index (χ1n) is 5.18. The average molecular weight is 248 g/mol. The predicted molar refractivity (Wildman–Crippen MR) is 67.1 cm³/mol. The maximum Gasteiger partial charge on any atom is 0.219 e. The highest BCUT2D eigenvalue weighted by Crippen LogP contribution is 2.49. The van der Waals surface area contributed by atoms with Crippen molar-refractivity contribution in [3.05, 3.63) is 46.7 Å². The summed E-state index contributed by atoms with van der Waals surface area (Å²) in [5, 5.41) is 9.93. The highest BCUT2D eigenvalue weighted by molar-refractivity contribution is 8.15. The minimum Gasteiger partial charge on any atom is -0.510 e. The largest absolute Gasteiger partial charge is 0.510 e. The Morgan fingerprint density at radius 3 is 2.29 bits per heavy atom. The second-order valence-corrected chi connectivity index (χ2v) is 5.53. The van der Waals surface area contributed by atoms with Crippen LogP contribution in [0.3, 0.4) is 0 Å². The minimum absolute atomic E-state index is 0.103. The zero-order valence-electron chi connectivity index (χ0n) is 9.56. The molecule has 0 aromatic heterocycles. The molecule has 1 aliphatic heterocycles. The molecule has 1 atom stereocenters. The Labute approximate surface area is 104 Å². The highest BCUT2D eigenvalue weighted by Gasteiger charge is 2.43. The molecule has 3 nitrogen and oxygen atoms in total. The maximum absolute atomic E-state index is 11.6. The van der Waals surface area contributed by atoms with E-state index in [0.717, 1.165) is 23.6 Å². The second kappa shape index (κ2) is 4.04. The lowest BCUT2D eigenvalue weighted by atomic mass is 9.95. The van der Waals surface area contributed by atoms with Crippen molar-refractivity contribution in [2.24, 2.45) is 0 Å². The van der Waals surface area contributed by atoms with Crippen molar-refractivity contribution in [3.8, 4) is 0 Å². The lowest BCUT2D eigenvalue weighted by Crippen LogP contribution is -2.17. The first kappa shape index (κ1) is 11.9. The van der Waals surface area contributed by atoms with Crippen LogP contribution in [0.4, 0.5) is 0 Å². The summed E-state index contributed by atoms with van der Waals surface area (Å²) < 4.78 is -0.734. The molecular weight excluding hydrogens is 236 g/mol. The summed E-state index contributed by atoms with van der Waals surface area (Å²) in [5.41, 5.74) is 1.79. The van der Waals surface area contributed by atoms with E-state index in [1.54, 1.807) is 38.1 Å². The van der Waals surface area contributed by atoms with E-state index in [0.29, 0.717) is 11.1 Å². The molecule has 1 heterocycles. The van der Waals surface area contributed by atoms with Gasteiger partial charge in [0.15, 0.2) is 0 Å². The van der Waals surface area contributed by atoms with Gasteiger partial charge in [-0.15, -0.1) is 0 Å². The van der Waals surface area contributed by atoms with Crippen molar-refractivity contribution in [1.82, 2.24) is 0 Å². The molecule has 17 heavy (non-hydrogen) atoms. The van der Waals surface area contributed by atoms with E-state index in [-0.39, 0.29) is 10.9 Å². The summed E-state index contributed by atoms with van der Waals surface area (Å²) in [6.07, 6.45) is 0.764. The molecule has 0 saturated carbocycles. The Balaban J connectivity index is 2.46. The van der Waals surface area contributed by atoms with Crippen molar-refractivity contribution < 1.29 is 14.7 Å². The number of rotatable bonds is 2. The number of thioether (sulfide) groups is 1.